The number of sulfone groups is 1. The molecule has 1 aromatic heterocycles. The highest BCUT2D eigenvalue weighted by Gasteiger charge is 2.39. The number of ketones is 2. The molecule has 0 atom stereocenters. The molecule has 3 aromatic rings. The molecule has 0 amide bonds. The Balaban J connectivity index is 2.12. The number of furan rings is 1. The first-order valence-electron chi connectivity index (χ1n) is 7.50. The van der Waals surface area contributed by atoms with Crippen LogP contribution in [0.25, 0.3) is 11.1 Å². The minimum Gasteiger partial charge on any atom is -0.440 e. The highest BCUT2D eigenvalue weighted by molar-refractivity contribution is 7.90. The molecule has 0 fully saturated rings. The number of benzene rings is 2. The second-order valence-corrected chi connectivity index (χ2v) is 7.73. The zero-order valence-electron chi connectivity index (χ0n) is 13.1. The molecular formula is C19H12O5S. The fourth-order valence-corrected chi connectivity index (χ4v) is 3.88. The maximum absolute atomic E-state index is 13.0. The fraction of sp³-hybridized carbons (Fsp3) is 0.0526. The van der Waals surface area contributed by atoms with Gasteiger partial charge < -0.3 is 4.42 Å². The summed E-state index contributed by atoms with van der Waals surface area (Å²) >= 11 is 0. The van der Waals surface area contributed by atoms with Gasteiger partial charge in [0.05, 0.1) is 11.1 Å². The lowest BCUT2D eigenvalue weighted by molar-refractivity contribution is 0.0957. The van der Waals surface area contributed by atoms with Crippen LogP contribution in [0.3, 0.4) is 0 Å². The van der Waals surface area contributed by atoms with Gasteiger partial charge in [-0.25, -0.2) is 8.42 Å². The molecule has 1 aliphatic carbocycles. The molecule has 5 nitrogen and oxygen atoms in total. The first kappa shape index (κ1) is 15.5. The highest BCUT2D eigenvalue weighted by Crippen LogP contribution is 2.40. The highest BCUT2D eigenvalue weighted by atomic mass is 32.2. The average molecular weight is 352 g/mol. The van der Waals surface area contributed by atoms with E-state index in [0.717, 1.165) is 6.26 Å². The molecule has 25 heavy (non-hydrogen) atoms. The number of rotatable bonds is 2. The predicted molar refractivity (Wildman–Crippen MR) is 90.6 cm³/mol. The van der Waals surface area contributed by atoms with Gasteiger partial charge in [0.25, 0.3) is 0 Å². The average Bonchev–Trinajstić information content (AvgIpc) is 3.02. The molecule has 0 spiro atoms. The number of carbonyl (C=O) groups is 2. The van der Waals surface area contributed by atoms with E-state index in [1.165, 1.54) is 6.07 Å². The third-order valence-electron chi connectivity index (χ3n) is 4.12. The van der Waals surface area contributed by atoms with E-state index in [0.29, 0.717) is 5.56 Å². The van der Waals surface area contributed by atoms with Crippen LogP contribution in [0.15, 0.2) is 64.1 Å². The number of fused-ring (bicyclic) bond motifs is 2. The summed E-state index contributed by atoms with van der Waals surface area (Å²) in [5.74, 6) is -1.12. The van der Waals surface area contributed by atoms with Crippen LogP contribution in [0.2, 0.25) is 0 Å². The van der Waals surface area contributed by atoms with Crippen molar-refractivity contribution in [2.24, 2.45) is 0 Å². The molecule has 0 bridgehead atoms. The zero-order valence-corrected chi connectivity index (χ0v) is 14.0. The summed E-state index contributed by atoms with van der Waals surface area (Å²) in [7, 11) is -3.78. The maximum atomic E-state index is 13.0. The van der Waals surface area contributed by atoms with Crippen LogP contribution in [0, 0.1) is 0 Å². The molecule has 4 rings (SSSR count). The van der Waals surface area contributed by atoms with E-state index in [2.05, 4.69) is 0 Å². The van der Waals surface area contributed by atoms with Crippen molar-refractivity contribution in [1.29, 1.82) is 0 Å². The summed E-state index contributed by atoms with van der Waals surface area (Å²) in [5.41, 5.74) is 1.13. The van der Waals surface area contributed by atoms with Crippen molar-refractivity contribution < 1.29 is 22.4 Å². The van der Waals surface area contributed by atoms with Crippen LogP contribution >= 0.6 is 0 Å². The van der Waals surface area contributed by atoms with Gasteiger partial charge in [0, 0.05) is 17.4 Å². The number of hydrogen-bond donors (Lipinski definition) is 0. The van der Waals surface area contributed by atoms with Gasteiger partial charge in [-0.3, -0.25) is 9.59 Å². The summed E-state index contributed by atoms with van der Waals surface area (Å²) in [6.07, 6.45) is 0.992. The van der Waals surface area contributed by atoms with Crippen LogP contribution in [0.4, 0.5) is 0 Å². The van der Waals surface area contributed by atoms with Gasteiger partial charge >= 0.3 is 0 Å². The number of carbonyl (C=O) groups excluding carboxylic acids is 2. The molecule has 1 heterocycles. The van der Waals surface area contributed by atoms with Gasteiger partial charge in [-0.05, 0) is 5.56 Å². The Bertz CT molecular complexity index is 1140. The molecule has 0 N–H and O–H groups in total. The lowest BCUT2D eigenvalue weighted by Crippen LogP contribution is -2.19. The Morgan fingerprint density at radius 3 is 1.92 bits per heavy atom. The SMILES string of the molecule is CS(=O)(=O)c1oc2c(c1-c1ccccc1)C(=O)c1ccccc1C2=O. The Hall–Kier alpha value is -2.99. The van der Waals surface area contributed by atoms with E-state index in [4.69, 9.17) is 4.42 Å². The third-order valence-corrected chi connectivity index (χ3v) is 5.09. The summed E-state index contributed by atoms with van der Waals surface area (Å²) < 4.78 is 29.9. The minimum atomic E-state index is -3.78. The summed E-state index contributed by atoms with van der Waals surface area (Å²) in [6.45, 7) is 0. The lowest BCUT2D eigenvalue weighted by Gasteiger charge is -2.13. The third kappa shape index (κ3) is 2.26. The Labute approximate surface area is 143 Å². The van der Waals surface area contributed by atoms with Gasteiger partial charge in [0.2, 0.25) is 20.7 Å². The second-order valence-electron chi connectivity index (χ2n) is 5.81. The largest absolute Gasteiger partial charge is 0.440 e. The van der Waals surface area contributed by atoms with Gasteiger partial charge in [0.1, 0.15) is 0 Å². The summed E-state index contributed by atoms with van der Waals surface area (Å²) in [6, 6.07) is 15.0. The molecule has 0 saturated carbocycles. The molecule has 2 aromatic carbocycles. The Morgan fingerprint density at radius 1 is 0.760 bits per heavy atom. The van der Waals surface area contributed by atoms with Gasteiger partial charge in [0.15, 0.2) is 11.5 Å². The van der Waals surface area contributed by atoms with Gasteiger partial charge in [-0.15, -0.1) is 0 Å². The van der Waals surface area contributed by atoms with Crippen molar-refractivity contribution in [3.8, 4) is 11.1 Å². The fourth-order valence-electron chi connectivity index (χ4n) is 3.05. The molecular weight excluding hydrogens is 340 g/mol. The molecule has 6 heteroatoms. The first-order chi connectivity index (χ1) is 11.9. The van der Waals surface area contributed by atoms with Crippen molar-refractivity contribution in [3.63, 3.8) is 0 Å². The standard InChI is InChI=1S/C19H12O5S/c1-25(22,23)19-14(11-7-3-2-4-8-11)15-16(20)12-9-5-6-10-13(12)17(21)18(15)24-19/h2-10H,1H3. The van der Waals surface area contributed by atoms with Crippen LogP contribution in [-0.2, 0) is 9.84 Å². The Kier molecular flexibility index (Phi) is 3.27. The predicted octanol–water partition coefficient (Wildman–Crippen LogP) is 3.13. The molecule has 124 valence electrons. The minimum absolute atomic E-state index is 0.00956. The molecule has 1 aliphatic rings. The topological polar surface area (TPSA) is 81.4 Å². The van der Waals surface area contributed by atoms with E-state index in [-0.39, 0.29) is 33.1 Å². The van der Waals surface area contributed by atoms with Crippen LogP contribution < -0.4 is 0 Å². The van der Waals surface area contributed by atoms with Crippen molar-refractivity contribution >= 4 is 21.4 Å². The quantitative estimate of drug-likeness (QED) is 0.554. The molecule has 0 aliphatic heterocycles. The van der Waals surface area contributed by atoms with Crippen LogP contribution in [-0.4, -0.2) is 26.2 Å². The maximum Gasteiger partial charge on any atom is 0.229 e. The monoisotopic (exact) mass is 352 g/mol. The molecule has 0 saturated heterocycles. The number of hydrogen-bond acceptors (Lipinski definition) is 5. The van der Waals surface area contributed by atoms with E-state index in [9.17, 15) is 18.0 Å². The van der Waals surface area contributed by atoms with Crippen LogP contribution in [0.1, 0.15) is 32.0 Å². The summed E-state index contributed by atoms with van der Waals surface area (Å²) in [4.78, 5) is 25.7. The normalized spacial score (nSPS) is 13.5. The van der Waals surface area contributed by atoms with Crippen molar-refractivity contribution in [2.45, 2.75) is 5.09 Å². The first-order valence-corrected chi connectivity index (χ1v) is 9.39. The van der Waals surface area contributed by atoms with Crippen molar-refractivity contribution in [2.75, 3.05) is 6.26 Å². The lowest BCUT2D eigenvalue weighted by atomic mass is 9.85. The van der Waals surface area contributed by atoms with E-state index < -0.39 is 21.4 Å². The molecule has 0 unspecified atom stereocenters. The summed E-state index contributed by atoms with van der Waals surface area (Å²) in [5, 5.41) is -0.363. The van der Waals surface area contributed by atoms with Crippen molar-refractivity contribution in [3.05, 3.63) is 77.0 Å². The van der Waals surface area contributed by atoms with Crippen molar-refractivity contribution in [1.82, 2.24) is 0 Å². The van der Waals surface area contributed by atoms with E-state index in [1.54, 1.807) is 48.5 Å². The van der Waals surface area contributed by atoms with E-state index in [1.807, 2.05) is 0 Å². The molecule has 0 radical (unpaired) electrons. The van der Waals surface area contributed by atoms with Gasteiger partial charge in [-0.1, -0.05) is 54.6 Å². The van der Waals surface area contributed by atoms with E-state index >= 15 is 0 Å². The van der Waals surface area contributed by atoms with Crippen LogP contribution in [0.5, 0.6) is 0 Å². The van der Waals surface area contributed by atoms with Gasteiger partial charge in [-0.2, -0.15) is 0 Å². The Morgan fingerprint density at radius 2 is 1.32 bits per heavy atom. The second kappa shape index (κ2) is 5.26. The smallest absolute Gasteiger partial charge is 0.229 e. The zero-order chi connectivity index (χ0) is 17.8.